The highest BCUT2D eigenvalue weighted by Gasteiger charge is 2.18. The van der Waals surface area contributed by atoms with Crippen molar-refractivity contribution in [3.63, 3.8) is 0 Å². The predicted molar refractivity (Wildman–Crippen MR) is 147 cm³/mol. The van der Waals surface area contributed by atoms with E-state index >= 15 is 0 Å². The van der Waals surface area contributed by atoms with Gasteiger partial charge < -0.3 is 0 Å². The quantitative estimate of drug-likeness (QED) is 0.298. The van der Waals surface area contributed by atoms with Crippen LogP contribution in [0, 0.1) is 41.5 Å². The molecule has 0 saturated carbocycles. The van der Waals surface area contributed by atoms with Crippen LogP contribution in [-0.2, 0) is 13.1 Å². The van der Waals surface area contributed by atoms with Gasteiger partial charge in [-0.25, -0.2) is 0 Å². The van der Waals surface area contributed by atoms with Crippen LogP contribution in [0.3, 0.4) is 0 Å². The molecular weight excluding hydrogens is 440 g/mol. The molecular formula is C29H36N2S2. The van der Waals surface area contributed by atoms with Crippen LogP contribution in [-0.4, -0.2) is 36.0 Å². The largest absolute Gasteiger partial charge is 0.297 e. The normalized spacial score (nSPS) is 16.2. The summed E-state index contributed by atoms with van der Waals surface area (Å²) in [6, 6.07) is 9.67. The monoisotopic (exact) mass is 476 g/mol. The second-order valence-electron chi connectivity index (χ2n) is 10.0. The first-order valence-electron chi connectivity index (χ1n) is 12.2. The lowest BCUT2D eigenvalue weighted by molar-refractivity contribution is 0.249. The number of thiophene rings is 2. The van der Waals surface area contributed by atoms with Crippen molar-refractivity contribution in [3.8, 4) is 0 Å². The van der Waals surface area contributed by atoms with Crippen molar-refractivity contribution in [2.45, 2.75) is 61.1 Å². The molecule has 0 aliphatic carbocycles. The van der Waals surface area contributed by atoms with Crippen LogP contribution in [0.25, 0.3) is 20.2 Å². The highest BCUT2D eigenvalue weighted by Crippen LogP contribution is 2.34. The van der Waals surface area contributed by atoms with Gasteiger partial charge in [0.1, 0.15) is 0 Å². The summed E-state index contributed by atoms with van der Waals surface area (Å²) < 4.78 is 2.90. The minimum Gasteiger partial charge on any atom is -0.297 e. The molecule has 0 unspecified atom stereocenters. The van der Waals surface area contributed by atoms with Gasteiger partial charge >= 0.3 is 0 Å². The molecule has 1 aliphatic rings. The molecule has 5 rings (SSSR count). The van der Waals surface area contributed by atoms with Gasteiger partial charge in [-0.2, -0.15) is 0 Å². The van der Waals surface area contributed by atoms with Crippen LogP contribution in [0.4, 0.5) is 0 Å². The molecule has 174 valence electrons. The van der Waals surface area contributed by atoms with E-state index < -0.39 is 0 Å². The smallest absolute Gasteiger partial charge is 0.0351 e. The molecule has 1 aliphatic heterocycles. The lowest BCUT2D eigenvalue weighted by Crippen LogP contribution is -2.29. The number of nitrogens with zero attached hydrogens (tertiary/aromatic N) is 2. The van der Waals surface area contributed by atoms with Gasteiger partial charge in [-0.15, -0.1) is 22.7 Å². The zero-order valence-corrected chi connectivity index (χ0v) is 22.6. The van der Waals surface area contributed by atoms with Gasteiger partial charge in [-0.3, -0.25) is 9.80 Å². The Morgan fingerprint density at radius 2 is 1.00 bits per heavy atom. The summed E-state index contributed by atoms with van der Waals surface area (Å²) in [5.41, 5.74) is 8.64. The predicted octanol–water partition coefficient (Wildman–Crippen LogP) is 7.67. The van der Waals surface area contributed by atoms with E-state index in [4.69, 9.17) is 0 Å². The van der Waals surface area contributed by atoms with E-state index in [1.54, 1.807) is 0 Å². The van der Waals surface area contributed by atoms with Gasteiger partial charge in [0.15, 0.2) is 0 Å². The molecule has 0 radical (unpaired) electrons. The summed E-state index contributed by atoms with van der Waals surface area (Å²) in [5.74, 6) is 0. The average Bonchev–Trinajstić information content (AvgIpc) is 3.29. The van der Waals surface area contributed by atoms with Gasteiger partial charge in [0.2, 0.25) is 0 Å². The van der Waals surface area contributed by atoms with E-state index in [2.05, 4.69) is 75.6 Å². The maximum Gasteiger partial charge on any atom is 0.0351 e. The Morgan fingerprint density at radius 1 is 0.576 bits per heavy atom. The molecule has 2 aromatic carbocycles. The number of benzene rings is 2. The minimum absolute atomic E-state index is 1.09. The van der Waals surface area contributed by atoms with E-state index in [1.807, 2.05) is 22.7 Å². The van der Waals surface area contributed by atoms with E-state index in [0.717, 1.165) is 26.2 Å². The maximum atomic E-state index is 2.67. The van der Waals surface area contributed by atoms with Crippen molar-refractivity contribution >= 4 is 42.8 Å². The molecule has 0 atom stereocenters. The first-order chi connectivity index (χ1) is 15.8. The number of rotatable bonds is 4. The highest BCUT2D eigenvalue weighted by molar-refractivity contribution is 7.19. The minimum atomic E-state index is 1.09. The van der Waals surface area contributed by atoms with Crippen molar-refractivity contribution in [2.24, 2.45) is 0 Å². The lowest BCUT2D eigenvalue weighted by atomic mass is 10.0. The van der Waals surface area contributed by atoms with Crippen LogP contribution in [0.1, 0.15) is 49.6 Å². The van der Waals surface area contributed by atoms with Crippen LogP contribution in [0.15, 0.2) is 24.3 Å². The molecule has 0 N–H and O–H groups in total. The summed E-state index contributed by atoms with van der Waals surface area (Å²) >= 11 is 3.98. The standard InChI is InChI=1S/C29H36N2S2/c1-18-12-28-26(22(5)20(18)3)14-24(32-28)16-30-8-7-9-31(11-10-30)17-25-15-27-23(6)21(4)19(2)13-29(27)33-25/h12-15H,7-11,16-17H2,1-6H3. The van der Waals surface area contributed by atoms with Crippen LogP contribution in [0.2, 0.25) is 0 Å². The second kappa shape index (κ2) is 9.14. The van der Waals surface area contributed by atoms with Crippen molar-refractivity contribution in [1.82, 2.24) is 9.80 Å². The fraction of sp³-hybridized carbons (Fsp3) is 0.448. The maximum absolute atomic E-state index is 2.67. The summed E-state index contributed by atoms with van der Waals surface area (Å²) in [6.45, 7) is 20.5. The Labute approximate surface area is 206 Å². The number of hydrogen-bond acceptors (Lipinski definition) is 4. The first kappa shape index (κ1) is 23.0. The molecule has 0 bridgehead atoms. The summed E-state index contributed by atoms with van der Waals surface area (Å²) in [7, 11) is 0. The summed E-state index contributed by atoms with van der Waals surface area (Å²) in [5, 5.41) is 2.92. The van der Waals surface area contributed by atoms with E-state index in [0.29, 0.717) is 0 Å². The molecule has 2 aromatic heterocycles. The van der Waals surface area contributed by atoms with Crippen LogP contribution in [0.5, 0.6) is 0 Å². The fourth-order valence-electron chi connectivity index (χ4n) is 5.26. The fourth-order valence-corrected chi connectivity index (χ4v) is 7.79. The molecule has 2 nitrogen and oxygen atoms in total. The third kappa shape index (κ3) is 4.51. The molecule has 33 heavy (non-hydrogen) atoms. The Kier molecular flexibility index (Phi) is 6.39. The SMILES string of the molecule is Cc1cc2sc(CN3CCCN(Cc4cc5c(C)c(C)c(C)cc5s4)CC3)cc2c(C)c1C. The van der Waals surface area contributed by atoms with E-state index in [-0.39, 0.29) is 0 Å². The molecule has 3 heterocycles. The number of aryl methyl sites for hydroxylation is 4. The summed E-state index contributed by atoms with van der Waals surface area (Å²) in [4.78, 5) is 8.36. The molecule has 0 amide bonds. The van der Waals surface area contributed by atoms with Gasteiger partial charge in [-0.05, 0) is 129 Å². The van der Waals surface area contributed by atoms with Gasteiger partial charge in [0.05, 0.1) is 0 Å². The third-order valence-corrected chi connectivity index (χ3v) is 10.0. The third-order valence-electron chi connectivity index (χ3n) is 7.87. The topological polar surface area (TPSA) is 6.48 Å². The highest BCUT2D eigenvalue weighted by atomic mass is 32.1. The molecule has 0 spiro atoms. The molecule has 1 saturated heterocycles. The van der Waals surface area contributed by atoms with Gasteiger partial charge in [-0.1, -0.05) is 0 Å². The number of hydrogen-bond donors (Lipinski definition) is 0. The Hall–Kier alpha value is -1.72. The van der Waals surface area contributed by atoms with Crippen molar-refractivity contribution in [2.75, 3.05) is 26.2 Å². The Bertz CT molecular complexity index is 1230. The molecule has 4 heteroatoms. The van der Waals surface area contributed by atoms with E-state index in [1.165, 1.54) is 82.8 Å². The average molecular weight is 477 g/mol. The summed E-state index contributed by atoms with van der Waals surface area (Å²) in [6.07, 6.45) is 1.25. The Morgan fingerprint density at radius 3 is 1.42 bits per heavy atom. The number of fused-ring (bicyclic) bond motifs is 2. The van der Waals surface area contributed by atoms with Crippen molar-refractivity contribution < 1.29 is 0 Å². The lowest BCUT2D eigenvalue weighted by Gasteiger charge is -2.20. The molecule has 4 aromatic rings. The van der Waals surface area contributed by atoms with Crippen LogP contribution < -0.4 is 0 Å². The van der Waals surface area contributed by atoms with Crippen molar-refractivity contribution in [3.05, 3.63) is 67.4 Å². The molecule has 1 fully saturated rings. The first-order valence-corrected chi connectivity index (χ1v) is 13.9. The van der Waals surface area contributed by atoms with E-state index in [9.17, 15) is 0 Å². The second-order valence-corrected chi connectivity index (χ2v) is 12.4. The van der Waals surface area contributed by atoms with Crippen LogP contribution >= 0.6 is 22.7 Å². The van der Waals surface area contributed by atoms with Gasteiger partial charge in [0.25, 0.3) is 0 Å². The Balaban J connectivity index is 1.26. The zero-order chi connectivity index (χ0) is 23.3. The van der Waals surface area contributed by atoms with Gasteiger partial charge in [0, 0.05) is 45.3 Å². The zero-order valence-electron chi connectivity index (χ0n) is 21.0. The van der Waals surface area contributed by atoms with Crippen molar-refractivity contribution in [1.29, 1.82) is 0 Å².